The molecule has 0 N–H and O–H groups in total. The summed E-state index contributed by atoms with van der Waals surface area (Å²) in [7, 11) is -2.57. The Morgan fingerprint density at radius 1 is 1.03 bits per heavy atom. The summed E-state index contributed by atoms with van der Waals surface area (Å²) < 4.78 is 51.2. The lowest BCUT2D eigenvalue weighted by molar-refractivity contribution is 0.0729. The smallest absolute Gasteiger partial charge is 0.409 e. The number of halogens is 1. The highest BCUT2D eigenvalue weighted by molar-refractivity contribution is 7.89. The van der Waals surface area contributed by atoms with Gasteiger partial charge in [0.25, 0.3) is 5.91 Å². The first-order valence-corrected chi connectivity index (χ1v) is 10.8. The van der Waals surface area contributed by atoms with Crippen molar-refractivity contribution in [3.63, 3.8) is 0 Å². The zero-order valence-corrected chi connectivity index (χ0v) is 17.0. The zero-order valence-electron chi connectivity index (χ0n) is 16.2. The van der Waals surface area contributed by atoms with Gasteiger partial charge in [-0.2, -0.15) is 4.31 Å². The highest BCUT2D eigenvalue weighted by atomic mass is 32.2. The number of rotatable bonds is 3. The molecule has 2 amide bonds. The lowest BCUT2D eigenvalue weighted by Crippen LogP contribution is -2.41. The van der Waals surface area contributed by atoms with Gasteiger partial charge in [0.05, 0.1) is 30.8 Å². The van der Waals surface area contributed by atoms with Crippen LogP contribution in [0.1, 0.15) is 16.8 Å². The molecule has 0 saturated carbocycles. The van der Waals surface area contributed by atoms with Crippen LogP contribution in [0.2, 0.25) is 0 Å². The van der Waals surface area contributed by atoms with Gasteiger partial charge in [0, 0.05) is 39.3 Å². The number of amides is 2. The van der Waals surface area contributed by atoms with Crippen LogP contribution in [0.4, 0.5) is 9.18 Å². The van der Waals surface area contributed by atoms with Crippen molar-refractivity contribution < 1.29 is 31.9 Å². The minimum atomic E-state index is -3.85. The minimum Gasteiger partial charge on any atom is -0.453 e. The Hall–Kier alpha value is -2.24. The third kappa shape index (κ3) is 4.68. The third-order valence-electron chi connectivity index (χ3n) is 4.99. The number of hydrogen-bond donors (Lipinski definition) is 0. The van der Waals surface area contributed by atoms with Crippen molar-refractivity contribution in [1.29, 1.82) is 0 Å². The molecular formula is C18H24FN3O6S. The molecule has 0 spiro atoms. The first-order chi connectivity index (χ1) is 13.8. The van der Waals surface area contributed by atoms with Crippen LogP contribution in [0.15, 0.2) is 23.1 Å². The number of hydrogen-bond acceptors (Lipinski definition) is 6. The summed E-state index contributed by atoms with van der Waals surface area (Å²) in [5.41, 5.74) is -0.300. The summed E-state index contributed by atoms with van der Waals surface area (Å²) in [6.07, 6.45) is 0.0258. The SMILES string of the molecule is COC(=O)N1CCCN(C(=O)c2cc(S(=O)(=O)N3CCOCC3)ccc2F)CC1. The van der Waals surface area contributed by atoms with E-state index in [4.69, 9.17) is 9.47 Å². The van der Waals surface area contributed by atoms with Gasteiger partial charge in [0.2, 0.25) is 10.0 Å². The van der Waals surface area contributed by atoms with Gasteiger partial charge in [-0.05, 0) is 24.6 Å². The van der Waals surface area contributed by atoms with Crippen LogP contribution in [0.25, 0.3) is 0 Å². The van der Waals surface area contributed by atoms with Gasteiger partial charge in [-0.1, -0.05) is 0 Å². The number of nitrogens with zero attached hydrogens (tertiary/aromatic N) is 3. The van der Waals surface area contributed by atoms with Crippen molar-refractivity contribution in [2.24, 2.45) is 0 Å². The highest BCUT2D eigenvalue weighted by Crippen LogP contribution is 2.22. The molecule has 2 aliphatic heterocycles. The highest BCUT2D eigenvalue weighted by Gasteiger charge is 2.29. The average Bonchev–Trinajstić information content (AvgIpc) is 3.00. The molecule has 0 aliphatic carbocycles. The predicted octanol–water partition coefficient (Wildman–Crippen LogP) is 0.761. The van der Waals surface area contributed by atoms with E-state index in [-0.39, 0.29) is 49.9 Å². The molecule has 0 bridgehead atoms. The minimum absolute atomic E-state index is 0.129. The van der Waals surface area contributed by atoms with Gasteiger partial charge in [-0.15, -0.1) is 0 Å². The fraction of sp³-hybridized carbons (Fsp3) is 0.556. The number of benzene rings is 1. The van der Waals surface area contributed by atoms with E-state index in [1.54, 1.807) is 0 Å². The number of sulfonamides is 1. The first kappa shape index (κ1) is 21.5. The molecule has 3 rings (SSSR count). The molecule has 29 heavy (non-hydrogen) atoms. The van der Waals surface area contributed by atoms with Crippen LogP contribution >= 0.6 is 0 Å². The molecule has 0 atom stereocenters. The van der Waals surface area contributed by atoms with Crippen LogP contribution in [-0.4, -0.2) is 94.1 Å². The topological polar surface area (TPSA) is 96.5 Å². The molecule has 11 heteroatoms. The Balaban J connectivity index is 1.80. The monoisotopic (exact) mass is 429 g/mol. The molecule has 0 unspecified atom stereocenters. The van der Waals surface area contributed by atoms with Crippen LogP contribution in [0, 0.1) is 5.82 Å². The van der Waals surface area contributed by atoms with Gasteiger partial charge < -0.3 is 19.3 Å². The molecule has 0 aromatic heterocycles. The van der Waals surface area contributed by atoms with Gasteiger partial charge in [-0.25, -0.2) is 17.6 Å². The second kappa shape index (κ2) is 9.06. The normalized spacial score (nSPS) is 19.0. The number of ether oxygens (including phenoxy) is 2. The number of morpholine rings is 1. The second-order valence-corrected chi connectivity index (χ2v) is 8.70. The van der Waals surface area contributed by atoms with Crippen molar-refractivity contribution >= 4 is 22.0 Å². The standard InChI is InChI=1S/C18H24FN3O6S/c1-27-18(24)21-6-2-5-20(7-8-21)17(23)15-13-14(3-4-16(15)19)29(25,26)22-9-11-28-12-10-22/h3-4,13H,2,5-12H2,1H3. The summed E-state index contributed by atoms with van der Waals surface area (Å²) in [5, 5.41) is 0. The molecule has 1 aromatic rings. The van der Waals surface area contributed by atoms with E-state index in [1.807, 2.05) is 0 Å². The van der Waals surface area contributed by atoms with E-state index in [2.05, 4.69) is 0 Å². The quantitative estimate of drug-likeness (QED) is 0.704. The van der Waals surface area contributed by atoms with Gasteiger partial charge in [0.1, 0.15) is 5.82 Å². The third-order valence-corrected chi connectivity index (χ3v) is 6.89. The second-order valence-electron chi connectivity index (χ2n) is 6.76. The van der Waals surface area contributed by atoms with Crippen molar-refractivity contribution in [3.05, 3.63) is 29.6 Å². The summed E-state index contributed by atoms with van der Waals surface area (Å²) in [6.45, 7) is 2.19. The van der Waals surface area contributed by atoms with E-state index in [1.165, 1.54) is 27.3 Å². The summed E-state index contributed by atoms with van der Waals surface area (Å²) >= 11 is 0. The Bertz CT molecular complexity index is 872. The van der Waals surface area contributed by atoms with E-state index in [9.17, 15) is 22.4 Å². The number of methoxy groups -OCH3 is 1. The molecule has 2 fully saturated rings. The van der Waals surface area contributed by atoms with Crippen LogP contribution in [0.5, 0.6) is 0 Å². The zero-order chi connectivity index (χ0) is 21.0. The maximum absolute atomic E-state index is 14.4. The van der Waals surface area contributed by atoms with Crippen molar-refractivity contribution in [1.82, 2.24) is 14.1 Å². The number of carbonyl (C=O) groups excluding carboxylic acids is 2. The fourth-order valence-corrected chi connectivity index (χ4v) is 4.80. The fourth-order valence-electron chi connectivity index (χ4n) is 3.37. The van der Waals surface area contributed by atoms with Crippen LogP contribution in [-0.2, 0) is 19.5 Å². The van der Waals surface area contributed by atoms with E-state index in [0.29, 0.717) is 19.5 Å². The molecule has 9 nitrogen and oxygen atoms in total. The van der Waals surface area contributed by atoms with E-state index in [0.717, 1.165) is 12.1 Å². The van der Waals surface area contributed by atoms with Crippen molar-refractivity contribution in [2.45, 2.75) is 11.3 Å². The van der Waals surface area contributed by atoms with Crippen LogP contribution < -0.4 is 0 Å². The molecule has 0 radical (unpaired) electrons. The van der Waals surface area contributed by atoms with Crippen LogP contribution in [0.3, 0.4) is 0 Å². The summed E-state index contributed by atoms with van der Waals surface area (Å²) in [6, 6.07) is 3.25. The van der Waals surface area contributed by atoms with Gasteiger partial charge in [0.15, 0.2) is 0 Å². The summed E-state index contributed by atoms with van der Waals surface area (Å²) in [5.74, 6) is -1.39. The van der Waals surface area contributed by atoms with E-state index >= 15 is 0 Å². The maximum atomic E-state index is 14.4. The van der Waals surface area contributed by atoms with Crippen molar-refractivity contribution in [2.75, 3.05) is 59.6 Å². The van der Waals surface area contributed by atoms with Crippen molar-refractivity contribution in [3.8, 4) is 0 Å². The molecule has 160 valence electrons. The molecule has 2 saturated heterocycles. The average molecular weight is 429 g/mol. The molecule has 2 heterocycles. The Labute approximate surface area is 169 Å². The van der Waals surface area contributed by atoms with Gasteiger partial charge in [-0.3, -0.25) is 4.79 Å². The largest absolute Gasteiger partial charge is 0.453 e. The lowest BCUT2D eigenvalue weighted by atomic mass is 10.2. The first-order valence-electron chi connectivity index (χ1n) is 9.34. The molecule has 2 aliphatic rings. The number of carbonyl (C=O) groups is 2. The van der Waals surface area contributed by atoms with Gasteiger partial charge >= 0.3 is 6.09 Å². The predicted molar refractivity (Wildman–Crippen MR) is 100 cm³/mol. The summed E-state index contributed by atoms with van der Waals surface area (Å²) in [4.78, 5) is 27.4. The molecular weight excluding hydrogens is 405 g/mol. The Morgan fingerprint density at radius 2 is 1.69 bits per heavy atom. The Kier molecular flexibility index (Phi) is 6.70. The Morgan fingerprint density at radius 3 is 2.38 bits per heavy atom. The molecule has 1 aromatic carbocycles. The maximum Gasteiger partial charge on any atom is 0.409 e. The van der Waals surface area contributed by atoms with E-state index < -0.39 is 27.8 Å². The lowest BCUT2D eigenvalue weighted by Gasteiger charge is -2.26.